The van der Waals surface area contributed by atoms with Crippen molar-refractivity contribution >= 4 is 21.5 Å². The fourth-order valence-corrected chi connectivity index (χ4v) is 4.07. The molecule has 4 rings (SSSR count). The Morgan fingerprint density at radius 3 is 2.65 bits per heavy atom. The van der Waals surface area contributed by atoms with Crippen molar-refractivity contribution in [2.24, 2.45) is 0 Å². The third-order valence-corrected chi connectivity index (χ3v) is 6.07. The first-order valence-electron chi connectivity index (χ1n) is 9.26. The van der Waals surface area contributed by atoms with Crippen LogP contribution in [0, 0.1) is 11.3 Å². The summed E-state index contributed by atoms with van der Waals surface area (Å²) in [6.45, 7) is -0.0550. The fourth-order valence-electron chi connectivity index (χ4n) is 3.08. The van der Waals surface area contributed by atoms with Gasteiger partial charge in [-0.3, -0.25) is 0 Å². The summed E-state index contributed by atoms with van der Waals surface area (Å²) in [5.74, 6) is -0.134. The van der Waals surface area contributed by atoms with Gasteiger partial charge in [0.25, 0.3) is 0 Å². The highest BCUT2D eigenvalue weighted by atomic mass is 32.2. The van der Waals surface area contributed by atoms with Crippen LogP contribution >= 0.6 is 0 Å². The smallest absolute Gasteiger partial charge is 0.338 e. The van der Waals surface area contributed by atoms with Gasteiger partial charge in [-0.25, -0.2) is 17.9 Å². The molecular formula is C22H17N3O5S. The topological polar surface area (TPSA) is 114 Å². The molecule has 8 nitrogen and oxygen atoms in total. The zero-order chi connectivity index (χ0) is 21.8. The Balaban J connectivity index is 1.42. The predicted octanol–water partition coefficient (Wildman–Crippen LogP) is 3.24. The standard InChI is InChI=1S/C22H17N3O5S/c23-12-20-17(14-25-10-2-1-5-21(20)25)15-30-22(26)16-6-8-19(9-7-16)31(27,28)24-13-18-4-3-11-29-18/h1-11,14,24H,13,15H2. The van der Waals surface area contributed by atoms with Crippen LogP contribution in [0.4, 0.5) is 0 Å². The van der Waals surface area contributed by atoms with Crippen LogP contribution in [0.5, 0.6) is 0 Å². The zero-order valence-corrected chi connectivity index (χ0v) is 17.0. The number of carbonyl (C=O) groups is 1. The van der Waals surface area contributed by atoms with Crippen LogP contribution in [0.1, 0.15) is 27.2 Å². The summed E-state index contributed by atoms with van der Waals surface area (Å²) < 4.78 is 39.4. The average Bonchev–Trinajstić information content (AvgIpc) is 3.43. The molecule has 0 amide bonds. The van der Waals surface area contributed by atoms with Gasteiger partial charge in [0.1, 0.15) is 18.4 Å². The molecule has 4 aromatic rings. The zero-order valence-electron chi connectivity index (χ0n) is 16.2. The summed E-state index contributed by atoms with van der Waals surface area (Å²) >= 11 is 0. The molecule has 0 radical (unpaired) electrons. The highest BCUT2D eigenvalue weighted by Gasteiger charge is 2.17. The van der Waals surface area contributed by atoms with E-state index in [0.717, 1.165) is 5.52 Å². The van der Waals surface area contributed by atoms with E-state index in [9.17, 15) is 18.5 Å². The monoisotopic (exact) mass is 435 g/mol. The first-order valence-corrected chi connectivity index (χ1v) is 10.7. The number of nitrogens with one attached hydrogen (secondary N) is 1. The number of benzene rings is 1. The van der Waals surface area contributed by atoms with Gasteiger partial charge < -0.3 is 13.6 Å². The quantitative estimate of drug-likeness (QED) is 0.446. The van der Waals surface area contributed by atoms with E-state index in [-0.39, 0.29) is 23.6 Å². The number of hydrogen-bond donors (Lipinski definition) is 1. The summed E-state index contributed by atoms with van der Waals surface area (Å²) in [6, 6.07) is 16.3. The molecular weight excluding hydrogens is 418 g/mol. The molecule has 0 aliphatic heterocycles. The van der Waals surface area contributed by atoms with Crippen molar-refractivity contribution in [2.75, 3.05) is 0 Å². The number of pyridine rings is 1. The van der Waals surface area contributed by atoms with E-state index in [2.05, 4.69) is 10.8 Å². The predicted molar refractivity (Wildman–Crippen MR) is 110 cm³/mol. The molecule has 0 aliphatic rings. The minimum Gasteiger partial charge on any atom is -0.468 e. The second kappa shape index (κ2) is 8.47. The SMILES string of the molecule is N#Cc1c(COC(=O)c2ccc(S(=O)(=O)NCc3ccco3)cc2)cn2ccccc12. The summed E-state index contributed by atoms with van der Waals surface area (Å²) in [6.07, 6.45) is 5.00. The third-order valence-electron chi connectivity index (χ3n) is 4.65. The van der Waals surface area contributed by atoms with Crippen LogP contribution in [-0.4, -0.2) is 18.8 Å². The van der Waals surface area contributed by atoms with E-state index in [4.69, 9.17) is 9.15 Å². The van der Waals surface area contributed by atoms with Gasteiger partial charge in [0.05, 0.1) is 34.3 Å². The molecule has 0 fully saturated rings. The van der Waals surface area contributed by atoms with Crippen molar-refractivity contribution in [3.8, 4) is 6.07 Å². The molecule has 1 N–H and O–H groups in total. The molecule has 3 heterocycles. The lowest BCUT2D eigenvalue weighted by Gasteiger charge is -2.07. The van der Waals surface area contributed by atoms with E-state index < -0.39 is 16.0 Å². The number of ether oxygens (including phenoxy) is 1. The van der Waals surface area contributed by atoms with Gasteiger partial charge in [-0.2, -0.15) is 5.26 Å². The van der Waals surface area contributed by atoms with Crippen molar-refractivity contribution in [2.45, 2.75) is 18.0 Å². The van der Waals surface area contributed by atoms with Crippen LogP contribution in [0.3, 0.4) is 0 Å². The molecule has 0 aliphatic carbocycles. The average molecular weight is 435 g/mol. The Morgan fingerprint density at radius 1 is 1.13 bits per heavy atom. The number of sulfonamides is 1. The minimum atomic E-state index is -3.76. The van der Waals surface area contributed by atoms with Gasteiger partial charge in [0, 0.05) is 18.0 Å². The number of hydrogen-bond acceptors (Lipinski definition) is 6. The molecule has 0 saturated heterocycles. The molecule has 0 bridgehead atoms. The van der Waals surface area contributed by atoms with E-state index in [0.29, 0.717) is 16.9 Å². The number of furan rings is 1. The van der Waals surface area contributed by atoms with Crippen molar-refractivity contribution in [3.63, 3.8) is 0 Å². The largest absolute Gasteiger partial charge is 0.468 e. The summed E-state index contributed by atoms with van der Waals surface area (Å²) in [7, 11) is -3.76. The Morgan fingerprint density at radius 2 is 1.94 bits per heavy atom. The number of carbonyl (C=O) groups excluding carboxylic acids is 1. The van der Waals surface area contributed by atoms with Gasteiger partial charge in [0.2, 0.25) is 10.0 Å². The highest BCUT2D eigenvalue weighted by Crippen LogP contribution is 2.19. The third kappa shape index (κ3) is 4.35. The maximum atomic E-state index is 12.4. The second-order valence-corrected chi connectivity index (χ2v) is 8.41. The van der Waals surface area contributed by atoms with Crippen LogP contribution < -0.4 is 4.72 Å². The van der Waals surface area contributed by atoms with Gasteiger partial charge in [-0.05, 0) is 48.5 Å². The molecule has 0 unspecified atom stereocenters. The Kier molecular flexibility index (Phi) is 5.58. The lowest BCUT2D eigenvalue weighted by molar-refractivity contribution is 0.0472. The normalized spacial score (nSPS) is 11.3. The Hall–Kier alpha value is -3.87. The molecule has 1 aromatic carbocycles. The van der Waals surface area contributed by atoms with Crippen LogP contribution in [0.2, 0.25) is 0 Å². The number of nitriles is 1. The summed E-state index contributed by atoms with van der Waals surface area (Å²) in [4.78, 5) is 12.4. The summed E-state index contributed by atoms with van der Waals surface area (Å²) in [5, 5.41) is 9.43. The van der Waals surface area contributed by atoms with Crippen LogP contribution in [-0.2, 0) is 27.9 Å². The molecule has 0 spiro atoms. The highest BCUT2D eigenvalue weighted by molar-refractivity contribution is 7.89. The fraction of sp³-hybridized carbons (Fsp3) is 0.0909. The van der Waals surface area contributed by atoms with Gasteiger partial charge in [-0.1, -0.05) is 6.07 Å². The minimum absolute atomic E-state index is 0.0149. The van der Waals surface area contributed by atoms with Crippen molar-refractivity contribution in [3.05, 3.63) is 95.7 Å². The lowest BCUT2D eigenvalue weighted by atomic mass is 10.2. The maximum absolute atomic E-state index is 12.4. The number of nitrogens with zero attached hydrogens (tertiary/aromatic N) is 2. The lowest BCUT2D eigenvalue weighted by Crippen LogP contribution is -2.23. The van der Waals surface area contributed by atoms with Crippen molar-refractivity contribution < 1.29 is 22.4 Å². The van der Waals surface area contributed by atoms with Crippen molar-refractivity contribution in [1.82, 2.24) is 9.12 Å². The molecule has 0 atom stereocenters. The molecule has 9 heteroatoms. The Labute approximate surface area is 178 Å². The van der Waals surface area contributed by atoms with E-state index >= 15 is 0 Å². The van der Waals surface area contributed by atoms with Gasteiger partial charge >= 0.3 is 5.97 Å². The first-order chi connectivity index (χ1) is 15.0. The first kappa shape index (κ1) is 20.4. The Bertz CT molecular complexity index is 1370. The van der Waals surface area contributed by atoms with Crippen molar-refractivity contribution in [1.29, 1.82) is 5.26 Å². The van der Waals surface area contributed by atoms with E-state index in [1.54, 1.807) is 28.9 Å². The van der Waals surface area contributed by atoms with Crippen LogP contribution in [0.15, 0.2) is 82.6 Å². The van der Waals surface area contributed by atoms with Gasteiger partial charge in [-0.15, -0.1) is 0 Å². The van der Waals surface area contributed by atoms with E-state index in [1.165, 1.54) is 30.5 Å². The molecule has 156 valence electrons. The summed E-state index contributed by atoms with van der Waals surface area (Å²) in [5.41, 5.74) is 1.96. The number of aromatic nitrogens is 1. The van der Waals surface area contributed by atoms with Gasteiger partial charge in [0.15, 0.2) is 0 Å². The maximum Gasteiger partial charge on any atom is 0.338 e. The molecule has 3 aromatic heterocycles. The number of esters is 1. The van der Waals surface area contributed by atoms with E-state index in [1.807, 2.05) is 18.2 Å². The second-order valence-electron chi connectivity index (χ2n) is 6.64. The number of fused-ring (bicyclic) bond motifs is 1. The van der Waals surface area contributed by atoms with Crippen LogP contribution in [0.25, 0.3) is 5.52 Å². The number of rotatable bonds is 7. The molecule has 31 heavy (non-hydrogen) atoms. The molecule has 0 saturated carbocycles.